The Labute approximate surface area is 128 Å². The Morgan fingerprint density at radius 2 is 2.21 bits per heavy atom. The van der Waals surface area contributed by atoms with Gasteiger partial charge in [0.1, 0.15) is 0 Å². The van der Waals surface area contributed by atoms with E-state index in [1.807, 2.05) is 30.0 Å². The molecule has 4 heteroatoms. The number of hydrogen-bond donors (Lipinski definition) is 0. The molecule has 1 aliphatic carbocycles. The van der Waals surface area contributed by atoms with Gasteiger partial charge in [-0.15, -0.1) is 0 Å². The molecule has 0 atom stereocenters. The quantitative estimate of drug-likeness (QED) is 0.724. The molecule has 1 amide bonds. The summed E-state index contributed by atoms with van der Waals surface area (Å²) < 4.78 is 0. The van der Waals surface area contributed by atoms with Crippen molar-refractivity contribution in [2.24, 2.45) is 0 Å². The standard InChI is InChI=1S/C15H19BrClNO/c1-11-5-2-8-13(14(11)17)15(19)18(10-4-9-16)12-6-3-7-12/h2,5,8,12H,3-4,6-7,9-10H2,1H3. The molecule has 0 radical (unpaired) electrons. The van der Waals surface area contributed by atoms with E-state index in [2.05, 4.69) is 15.9 Å². The van der Waals surface area contributed by atoms with Crippen LogP contribution in [0.2, 0.25) is 5.02 Å². The molecule has 19 heavy (non-hydrogen) atoms. The molecule has 104 valence electrons. The second-order valence-electron chi connectivity index (χ2n) is 5.06. The van der Waals surface area contributed by atoms with Crippen molar-refractivity contribution < 1.29 is 4.79 Å². The van der Waals surface area contributed by atoms with E-state index in [9.17, 15) is 4.79 Å². The molecule has 1 aliphatic rings. The fourth-order valence-corrected chi connectivity index (χ4v) is 2.80. The van der Waals surface area contributed by atoms with Gasteiger partial charge < -0.3 is 4.90 Å². The molecule has 2 nitrogen and oxygen atoms in total. The van der Waals surface area contributed by atoms with Crippen LogP contribution < -0.4 is 0 Å². The van der Waals surface area contributed by atoms with Crippen molar-refractivity contribution >= 4 is 33.4 Å². The third-order valence-electron chi connectivity index (χ3n) is 3.73. The van der Waals surface area contributed by atoms with Gasteiger partial charge >= 0.3 is 0 Å². The maximum atomic E-state index is 12.7. The number of benzene rings is 1. The van der Waals surface area contributed by atoms with Crippen LogP contribution in [0.5, 0.6) is 0 Å². The normalized spacial score (nSPS) is 15.1. The highest BCUT2D eigenvalue weighted by Crippen LogP contribution is 2.29. The highest BCUT2D eigenvalue weighted by Gasteiger charge is 2.29. The fourth-order valence-electron chi connectivity index (χ4n) is 2.35. The summed E-state index contributed by atoms with van der Waals surface area (Å²) in [7, 11) is 0. The van der Waals surface area contributed by atoms with Crippen molar-refractivity contribution in [3.63, 3.8) is 0 Å². The van der Waals surface area contributed by atoms with E-state index in [0.29, 0.717) is 16.6 Å². The average Bonchev–Trinajstić information content (AvgIpc) is 2.34. The smallest absolute Gasteiger partial charge is 0.255 e. The largest absolute Gasteiger partial charge is 0.336 e. The van der Waals surface area contributed by atoms with Crippen molar-refractivity contribution in [2.75, 3.05) is 11.9 Å². The van der Waals surface area contributed by atoms with E-state index in [-0.39, 0.29) is 5.91 Å². The summed E-state index contributed by atoms with van der Waals surface area (Å²) in [5.41, 5.74) is 1.60. The number of halogens is 2. The number of carbonyl (C=O) groups is 1. The Kier molecular flexibility index (Phi) is 5.28. The number of rotatable bonds is 5. The van der Waals surface area contributed by atoms with Crippen molar-refractivity contribution in [3.8, 4) is 0 Å². The summed E-state index contributed by atoms with van der Waals surface area (Å²) >= 11 is 9.71. The summed E-state index contributed by atoms with van der Waals surface area (Å²) in [6.07, 6.45) is 4.45. The molecule has 0 bridgehead atoms. The lowest BCUT2D eigenvalue weighted by atomic mass is 9.90. The monoisotopic (exact) mass is 343 g/mol. The molecule has 2 rings (SSSR count). The second kappa shape index (κ2) is 6.76. The third kappa shape index (κ3) is 3.32. The Morgan fingerprint density at radius 3 is 2.79 bits per heavy atom. The van der Waals surface area contributed by atoms with E-state index in [1.165, 1.54) is 6.42 Å². The molecular formula is C15H19BrClNO. The van der Waals surface area contributed by atoms with Crippen LogP contribution in [0.25, 0.3) is 0 Å². The number of amides is 1. The predicted octanol–water partition coefficient (Wildman–Crippen LogP) is 4.43. The molecule has 0 saturated heterocycles. The van der Waals surface area contributed by atoms with Crippen LogP contribution in [0.3, 0.4) is 0 Å². The molecule has 0 spiro atoms. The highest BCUT2D eigenvalue weighted by molar-refractivity contribution is 9.09. The van der Waals surface area contributed by atoms with Gasteiger partial charge in [0, 0.05) is 17.9 Å². The van der Waals surface area contributed by atoms with Gasteiger partial charge in [-0.2, -0.15) is 0 Å². The van der Waals surface area contributed by atoms with Gasteiger partial charge in [-0.25, -0.2) is 0 Å². The van der Waals surface area contributed by atoms with Gasteiger partial charge in [0.25, 0.3) is 5.91 Å². The van der Waals surface area contributed by atoms with Crippen molar-refractivity contribution in [3.05, 3.63) is 34.3 Å². The molecule has 0 unspecified atom stereocenters. The van der Waals surface area contributed by atoms with Crippen molar-refractivity contribution in [1.29, 1.82) is 0 Å². The number of carbonyl (C=O) groups excluding carboxylic acids is 1. The summed E-state index contributed by atoms with van der Waals surface area (Å²) in [6, 6.07) is 6.07. The SMILES string of the molecule is Cc1cccc(C(=O)N(CCCBr)C2CCC2)c1Cl. The summed E-state index contributed by atoms with van der Waals surface area (Å²) in [5, 5.41) is 1.51. The molecule has 0 aliphatic heterocycles. The topological polar surface area (TPSA) is 20.3 Å². The molecule has 1 fully saturated rings. The van der Waals surface area contributed by atoms with E-state index >= 15 is 0 Å². The van der Waals surface area contributed by atoms with E-state index < -0.39 is 0 Å². The van der Waals surface area contributed by atoms with Gasteiger partial charge in [-0.05, 0) is 44.2 Å². The lowest BCUT2D eigenvalue weighted by Crippen LogP contribution is -2.45. The lowest BCUT2D eigenvalue weighted by Gasteiger charge is -2.38. The number of aryl methyl sites for hydroxylation is 1. The fraction of sp³-hybridized carbons (Fsp3) is 0.533. The van der Waals surface area contributed by atoms with Crippen LogP contribution in [0.4, 0.5) is 0 Å². The average molecular weight is 345 g/mol. The van der Waals surface area contributed by atoms with E-state index in [1.54, 1.807) is 0 Å². The van der Waals surface area contributed by atoms with Crippen LogP contribution in [-0.4, -0.2) is 28.7 Å². The minimum atomic E-state index is 0.0827. The Balaban J connectivity index is 2.20. The summed E-state index contributed by atoms with van der Waals surface area (Å²) in [4.78, 5) is 14.7. The minimum Gasteiger partial charge on any atom is -0.336 e. The Morgan fingerprint density at radius 1 is 1.47 bits per heavy atom. The van der Waals surface area contributed by atoms with Crippen LogP contribution in [0.1, 0.15) is 41.6 Å². The third-order valence-corrected chi connectivity index (χ3v) is 4.79. The molecule has 0 heterocycles. The molecule has 1 saturated carbocycles. The number of hydrogen-bond acceptors (Lipinski definition) is 1. The van der Waals surface area contributed by atoms with Crippen molar-refractivity contribution in [1.82, 2.24) is 4.90 Å². The van der Waals surface area contributed by atoms with Crippen LogP contribution >= 0.6 is 27.5 Å². The zero-order valence-electron chi connectivity index (χ0n) is 11.2. The van der Waals surface area contributed by atoms with Crippen molar-refractivity contribution in [2.45, 2.75) is 38.6 Å². The maximum Gasteiger partial charge on any atom is 0.255 e. The lowest BCUT2D eigenvalue weighted by molar-refractivity contribution is 0.0581. The van der Waals surface area contributed by atoms with Crippen LogP contribution in [0.15, 0.2) is 18.2 Å². The van der Waals surface area contributed by atoms with Gasteiger partial charge in [0.15, 0.2) is 0 Å². The first-order chi connectivity index (χ1) is 9.15. The van der Waals surface area contributed by atoms with Gasteiger partial charge in [0.05, 0.1) is 10.6 Å². The van der Waals surface area contributed by atoms with Crippen LogP contribution in [0, 0.1) is 6.92 Å². The molecule has 1 aromatic rings. The maximum absolute atomic E-state index is 12.7. The summed E-state index contributed by atoms with van der Waals surface area (Å²) in [6.45, 7) is 2.74. The summed E-state index contributed by atoms with van der Waals surface area (Å²) in [5.74, 6) is 0.0827. The van der Waals surface area contributed by atoms with Gasteiger partial charge in [0.2, 0.25) is 0 Å². The first kappa shape index (κ1) is 14.9. The molecule has 0 N–H and O–H groups in total. The Hall–Kier alpha value is -0.540. The van der Waals surface area contributed by atoms with E-state index in [0.717, 1.165) is 36.7 Å². The van der Waals surface area contributed by atoms with Gasteiger partial charge in [-0.3, -0.25) is 4.79 Å². The van der Waals surface area contributed by atoms with E-state index in [4.69, 9.17) is 11.6 Å². The van der Waals surface area contributed by atoms with Crippen LogP contribution in [-0.2, 0) is 0 Å². The zero-order chi connectivity index (χ0) is 13.8. The minimum absolute atomic E-state index is 0.0827. The second-order valence-corrected chi connectivity index (χ2v) is 6.23. The molecular weight excluding hydrogens is 326 g/mol. The number of nitrogens with zero attached hydrogens (tertiary/aromatic N) is 1. The Bertz CT molecular complexity index is 459. The predicted molar refractivity (Wildman–Crippen MR) is 83.3 cm³/mol. The molecule has 0 aromatic heterocycles. The zero-order valence-corrected chi connectivity index (χ0v) is 13.5. The molecule has 1 aromatic carbocycles. The van der Waals surface area contributed by atoms with Gasteiger partial charge in [-0.1, -0.05) is 39.7 Å². The first-order valence-corrected chi connectivity index (χ1v) is 8.27. The number of alkyl halides is 1. The first-order valence-electron chi connectivity index (χ1n) is 6.77. The highest BCUT2D eigenvalue weighted by atomic mass is 79.9.